The van der Waals surface area contributed by atoms with Crippen LogP contribution in [0.5, 0.6) is 0 Å². The van der Waals surface area contributed by atoms with Crippen LogP contribution >= 0.6 is 0 Å². The standard InChI is InChI=1S/C18H20N2O8/c1-27-14(22)9-20-12-8-11(4-2-10(12)3-5-13(20)21)19-6-7-28-16(17(19)24)15(23)18(25)26/h2,4,8,15-16,23H,3,5-7,9H2,1H3,(H,25,26)/t15-,16-/m1/s1. The zero-order chi connectivity index (χ0) is 20.4. The third-order valence-corrected chi connectivity index (χ3v) is 4.76. The average molecular weight is 392 g/mol. The van der Waals surface area contributed by atoms with E-state index in [0.29, 0.717) is 17.8 Å². The number of aliphatic hydroxyl groups excluding tert-OH is 1. The maximum Gasteiger partial charge on any atom is 0.335 e. The summed E-state index contributed by atoms with van der Waals surface area (Å²) in [7, 11) is 1.23. The number of anilines is 2. The van der Waals surface area contributed by atoms with Crippen LogP contribution in [-0.4, -0.2) is 73.0 Å². The van der Waals surface area contributed by atoms with Crippen LogP contribution in [0.1, 0.15) is 12.0 Å². The van der Waals surface area contributed by atoms with E-state index in [1.165, 1.54) is 16.9 Å². The molecule has 2 aliphatic heterocycles. The minimum absolute atomic E-state index is 0.0443. The third kappa shape index (κ3) is 3.69. The lowest BCUT2D eigenvalue weighted by Gasteiger charge is -2.35. The molecule has 2 heterocycles. The van der Waals surface area contributed by atoms with Crippen molar-refractivity contribution in [2.24, 2.45) is 0 Å². The number of benzene rings is 1. The van der Waals surface area contributed by atoms with Gasteiger partial charge in [0.1, 0.15) is 6.54 Å². The number of hydrogen-bond donors (Lipinski definition) is 2. The summed E-state index contributed by atoms with van der Waals surface area (Å²) in [6, 6.07) is 5.04. The summed E-state index contributed by atoms with van der Waals surface area (Å²) in [5.74, 6) is -3.05. The molecule has 0 radical (unpaired) electrons. The van der Waals surface area contributed by atoms with Gasteiger partial charge in [-0.2, -0.15) is 0 Å². The van der Waals surface area contributed by atoms with Gasteiger partial charge in [0.15, 0.2) is 12.2 Å². The predicted octanol–water partition coefficient (Wildman–Crippen LogP) is -0.684. The van der Waals surface area contributed by atoms with E-state index in [-0.39, 0.29) is 32.0 Å². The first-order valence-corrected chi connectivity index (χ1v) is 8.67. The number of hydrogen-bond acceptors (Lipinski definition) is 7. The van der Waals surface area contributed by atoms with Crippen molar-refractivity contribution in [2.75, 3.05) is 36.6 Å². The minimum Gasteiger partial charge on any atom is -0.479 e. The van der Waals surface area contributed by atoms with Crippen molar-refractivity contribution in [1.82, 2.24) is 0 Å². The van der Waals surface area contributed by atoms with Crippen LogP contribution in [0.4, 0.5) is 11.4 Å². The maximum atomic E-state index is 12.6. The van der Waals surface area contributed by atoms with Gasteiger partial charge in [0.2, 0.25) is 5.91 Å². The molecule has 10 heteroatoms. The second kappa shape index (κ2) is 7.95. The van der Waals surface area contributed by atoms with E-state index >= 15 is 0 Å². The Morgan fingerprint density at radius 2 is 2.07 bits per heavy atom. The van der Waals surface area contributed by atoms with Gasteiger partial charge in [-0.25, -0.2) is 4.79 Å². The molecule has 10 nitrogen and oxygen atoms in total. The number of carboxylic acids is 1. The van der Waals surface area contributed by atoms with Crippen molar-refractivity contribution < 1.29 is 38.9 Å². The first-order chi connectivity index (χ1) is 13.3. The van der Waals surface area contributed by atoms with Crippen molar-refractivity contribution in [3.8, 4) is 0 Å². The lowest BCUT2D eigenvalue weighted by Crippen LogP contribution is -2.54. The van der Waals surface area contributed by atoms with Gasteiger partial charge in [0, 0.05) is 24.3 Å². The van der Waals surface area contributed by atoms with Crippen LogP contribution in [-0.2, 0) is 35.1 Å². The molecular weight excluding hydrogens is 372 g/mol. The Kier molecular flexibility index (Phi) is 5.61. The van der Waals surface area contributed by atoms with Crippen molar-refractivity contribution in [1.29, 1.82) is 0 Å². The molecule has 2 amide bonds. The van der Waals surface area contributed by atoms with Crippen LogP contribution in [0, 0.1) is 0 Å². The number of carbonyl (C=O) groups excluding carboxylic acids is 3. The second-order valence-electron chi connectivity index (χ2n) is 6.43. The number of aliphatic hydroxyl groups is 1. The monoisotopic (exact) mass is 392 g/mol. The topological polar surface area (TPSA) is 134 Å². The molecule has 1 saturated heterocycles. The number of carboxylic acid groups (broad SMARTS) is 1. The van der Waals surface area contributed by atoms with Crippen molar-refractivity contribution in [2.45, 2.75) is 25.0 Å². The van der Waals surface area contributed by atoms with E-state index in [9.17, 15) is 24.3 Å². The smallest absolute Gasteiger partial charge is 0.335 e. The highest BCUT2D eigenvalue weighted by molar-refractivity contribution is 6.03. The zero-order valence-electron chi connectivity index (χ0n) is 15.2. The number of rotatable bonds is 5. The number of nitrogens with zero attached hydrogens (tertiary/aromatic N) is 2. The summed E-state index contributed by atoms with van der Waals surface area (Å²) in [6.45, 7) is -0.0444. The molecule has 150 valence electrons. The summed E-state index contributed by atoms with van der Waals surface area (Å²) in [6.07, 6.45) is -2.74. The van der Waals surface area contributed by atoms with Gasteiger partial charge < -0.3 is 29.5 Å². The molecule has 0 saturated carbocycles. The van der Waals surface area contributed by atoms with Crippen molar-refractivity contribution >= 4 is 35.1 Å². The lowest BCUT2D eigenvalue weighted by molar-refractivity contribution is -0.163. The van der Waals surface area contributed by atoms with E-state index in [2.05, 4.69) is 4.74 Å². The van der Waals surface area contributed by atoms with E-state index in [0.717, 1.165) is 5.56 Å². The quantitative estimate of drug-likeness (QED) is 0.630. The first kappa shape index (κ1) is 19.8. The van der Waals surface area contributed by atoms with Crippen molar-refractivity contribution in [3.63, 3.8) is 0 Å². The van der Waals surface area contributed by atoms with E-state index in [1.807, 2.05) is 0 Å². The third-order valence-electron chi connectivity index (χ3n) is 4.76. The number of methoxy groups -OCH3 is 1. The fraction of sp³-hybridized carbons (Fsp3) is 0.444. The fourth-order valence-corrected chi connectivity index (χ4v) is 3.28. The molecule has 0 spiro atoms. The predicted molar refractivity (Wildman–Crippen MR) is 94.9 cm³/mol. The number of fused-ring (bicyclic) bond motifs is 1. The molecule has 2 atom stereocenters. The largest absolute Gasteiger partial charge is 0.479 e. The van der Waals surface area contributed by atoms with Gasteiger partial charge in [-0.1, -0.05) is 6.07 Å². The SMILES string of the molecule is COC(=O)CN1C(=O)CCc2ccc(N3CCO[C@H]([C@@H](O)C(=O)O)C3=O)cc21. The van der Waals surface area contributed by atoms with E-state index in [1.54, 1.807) is 18.2 Å². The maximum absolute atomic E-state index is 12.6. The number of aryl methyl sites for hydroxylation is 1. The number of aliphatic carboxylic acids is 1. The number of carbonyl (C=O) groups is 4. The molecule has 0 aromatic heterocycles. The molecule has 3 rings (SSSR count). The molecular formula is C18H20N2O8. The minimum atomic E-state index is -1.98. The van der Waals surface area contributed by atoms with Gasteiger partial charge in [-0.05, 0) is 24.1 Å². The Morgan fingerprint density at radius 3 is 2.75 bits per heavy atom. The zero-order valence-corrected chi connectivity index (χ0v) is 15.2. The van der Waals surface area contributed by atoms with Gasteiger partial charge in [0.25, 0.3) is 5.91 Å². The van der Waals surface area contributed by atoms with Crippen molar-refractivity contribution in [3.05, 3.63) is 23.8 Å². The Hall–Kier alpha value is -2.98. The molecule has 1 aromatic rings. The number of ether oxygens (including phenoxy) is 2. The van der Waals surface area contributed by atoms with Gasteiger partial charge in [-0.15, -0.1) is 0 Å². The summed E-state index contributed by atoms with van der Waals surface area (Å²) < 4.78 is 9.78. The number of amides is 2. The average Bonchev–Trinajstić information content (AvgIpc) is 2.69. The molecule has 28 heavy (non-hydrogen) atoms. The van der Waals surface area contributed by atoms with E-state index in [4.69, 9.17) is 9.84 Å². The highest BCUT2D eigenvalue weighted by Gasteiger charge is 2.39. The summed E-state index contributed by atoms with van der Waals surface area (Å²) in [5, 5.41) is 18.7. The van der Waals surface area contributed by atoms with Gasteiger partial charge in [-0.3, -0.25) is 14.4 Å². The van der Waals surface area contributed by atoms with Crippen LogP contribution in [0.25, 0.3) is 0 Å². The van der Waals surface area contributed by atoms with E-state index < -0.39 is 30.1 Å². The fourth-order valence-electron chi connectivity index (χ4n) is 3.28. The van der Waals surface area contributed by atoms with Crippen LogP contribution < -0.4 is 9.80 Å². The second-order valence-corrected chi connectivity index (χ2v) is 6.43. The molecule has 1 fully saturated rings. The number of morpholine rings is 1. The van der Waals surface area contributed by atoms with Crippen LogP contribution in [0.3, 0.4) is 0 Å². The first-order valence-electron chi connectivity index (χ1n) is 8.67. The molecule has 1 aromatic carbocycles. The highest BCUT2D eigenvalue weighted by atomic mass is 16.5. The Balaban J connectivity index is 1.91. The lowest BCUT2D eigenvalue weighted by atomic mass is 9.99. The Morgan fingerprint density at radius 1 is 1.32 bits per heavy atom. The van der Waals surface area contributed by atoms with Gasteiger partial charge in [0.05, 0.1) is 13.7 Å². The van der Waals surface area contributed by atoms with Crippen LogP contribution in [0.2, 0.25) is 0 Å². The normalized spacial score (nSPS) is 20.6. The summed E-state index contributed by atoms with van der Waals surface area (Å²) >= 11 is 0. The molecule has 0 unspecified atom stereocenters. The molecule has 2 aliphatic rings. The molecule has 0 aliphatic carbocycles. The van der Waals surface area contributed by atoms with Crippen LogP contribution in [0.15, 0.2) is 18.2 Å². The Labute approximate surface area is 160 Å². The summed E-state index contributed by atoms with van der Waals surface area (Å²) in [5.41, 5.74) is 1.75. The Bertz CT molecular complexity index is 824. The van der Waals surface area contributed by atoms with Gasteiger partial charge >= 0.3 is 11.9 Å². The number of esters is 1. The summed E-state index contributed by atoms with van der Waals surface area (Å²) in [4.78, 5) is 50.2. The molecule has 2 N–H and O–H groups in total. The molecule has 0 bridgehead atoms. The highest BCUT2D eigenvalue weighted by Crippen LogP contribution is 2.33.